The summed E-state index contributed by atoms with van der Waals surface area (Å²) in [5.74, 6) is -7.73. The molecule has 0 spiro atoms. The number of carbonyl (C=O) groups excluding carboxylic acids is 5. The summed E-state index contributed by atoms with van der Waals surface area (Å²) in [7, 11) is 0. The van der Waals surface area contributed by atoms with Crippen LogP contribution in [0.15, 0.2) is 48.5 Å². The van der Waals surface area contributed by atoms with Gasteiger partial charge in [-0.1, -0.05) is 64.1 Å². The highest BCUT2D eigenvalue weighted by atomic mass is 19.1. The van der Waals surface area contributed by atoms with Crippen molar-refractivity contribution in [2.45, 2.75) is 83.5 Å². The van der Waals surface area contributed by atoms with Crippen LogP contribution in [0.4, 0.5) is 14.9 Å². The zero-order chi connectivity index (χ0) is 38.0. The lowest BCUT2D eigenvalue weighted by molar-refractivity contribution is -0.159. The lowest BCUT2D eigenvalue weighted by atomic mass is 9.86. The number of anilines is 1. The standard InChI is InChI=1S/C35H45FN6O9/c1-19(2)15-25(38-27(43)16-21-9-6-5-7-10-21)30(46)39-26(18-28(44)45)31(47)41-29(20(3)4)32(48)42-14-8-13-35(42,33(49)50)22-11-12-24(23(36)17-22)40-34(37)51/h5-7,9-12,17,19-20,25-26,29H,8,13-16,18H2,1-4H3,(H,38,43)(H,39,46)(H,41,47)(H,44,45)(H,49,50)(H3,37,40,51)/t25-,26-,29-,35-/m0/s1. The van der Waals surface area contributed by atoms with Gasteiger partial charge in [-0.15, -0.1) is 0 Å². The van der Waals surface area contributed by atoms with Gasteiger partial charge in [-0.25, -0.2) is 14.0 Å². The minimum atomic E-state index is -2.04. The molecule has 8 N–H and O–H groups in total. The van der Waals surface area contributed by atoms with Gasteiger partial charge >= 0.3 is 18.0 Å². The molecule has 4 atom stereocenters. The molecule has 1 aliphatic rings. The van der Waals surface area contributed by atoms with Gasteiger partial charge in [0.1, 0.15) is 23.9 Å². The number of amides is 6. The van der Waals surface area contributed by atoms with E-state index in [1.54, 1.807) is 44.2 Å². The number of benzene rings is 2. The van der Waals surface area contributed by atoms with E-state index in [1.165, 1.54) is 6.07 Å². The average Bonchev–Trinajstić information content (AvgIpc) is 3.50. The number of aliphatic carboxylic acids is 2. The number of nitrogens with zero attached hydrogens (tertiary/aromatic N) is 1. The number of carboxylic acid groups (broad SMARTS) is 2. The second kappa shape index (κ2) is 17.4. The van der Waals surface area contributed by atoms with Gasteiger partial charge < -0.3 is 42.1 Å². The minimum Gasteiger partial charge on any atom is -0.481 e. The molecule has 1 heterocycles. The van der Waals surface area contributed by atoms with Crippen molar-refractivity contribution in [3.63, 3.8) is 0 Å². The SMILES string of the molecule is CC(C)C[C@H](NC(=O)Cc1ccccc1)C(=O)N[C@@H](CC(=O)O)C(=O)N[C@H](C(=O)N1CCC[C@@]1(C(=O)O)c1ccc(NC(N)=O)c(F)c1)C(C)C. The van der Waals surface area contributed by atoms with Crippen molar-refractivity contribution >= 4 is 47.3 Å². The maximum Gasteiger partial charge on any atom is 0.334 e. The van der Waals surface area contributed by atoms with Crippen LogP contribution in [0, 0.1) is 17.7 Å². The summed E-state index contributed by atoms with van der Waals surface area (Å²) in [5, 5.41) is 29.7. The minimum absolute atomic E-state index is 0.0185. The van der Waals surface area contributed by atoms with E-state index in [-0.39, 0.29) is 49.4 Å². The molecule has 15 nitrogen and oxygen atoms in total. The van der Waals surface area contributed by atoms with Gasteiger partial charge in [-0.3, -0.25) is 24.0 Å². The van der Waals surface area contributed by atoms with Crippen molar-refractivity contribution < 1.29 is 48.2 Å². The van der Waals surface area contributed by atoms with E-state index < -0.39 is 83.4 Å². The largest absolute Gasteiger partial charge is 0.481 e. The summed E-state index contributed by atoms with van der Waals surface area (Å²) in [6.07, 6.45) is -0.594. The van der Waals surface area contributed by atoms with Crippen molar-refractivity contribution in [3.05, 3.63) is 65.5 Å². The van der Waals surface area contributed by atoms with Crippen LogP contribution in [0.1, 0.15) is 64.5 Å². The maximum atomic E-state index is 14.9. The van der Waals surface area contributed by atoms with Gasteiger partial charge in [0.15, 0.2) is 5.54 Å². The highest BCUT2D eigenvalue weighted by molar-refractivity contribution is 5.97. The summed E-state index contributed by atoms with van der Waals surface area (Å²) in [6.45, 7) is 6.73. The molecule has 0 unspecified atom stereocenters. The molecule has 0 aromatic heterocycles. The number of nitrogens with one attached hydrogen (secondary N) is 4. The Morgan fingerprint density at radius 2 is 1.55 bits per heavy atom. The molecule has 1 saturated heterocycles. The maximum absolute atomic E-state index is 14.9. The molecular weight excluding hydrogens is 667 g/mol. The van der Waals surface area contributed by atoms with E-state index in [2.05, 4.69) is 21.3 Å². The van der Waals surface area contributed by atoms with Gasteiger partial charge in [0.25, 0.3) is 0 Å². The van der Waals surface area contributed by atoms with Crippen molar-refractivity contribution in [2.75, 3.05) is 11.9 Å². The normalized spacial score (nSPS) is 17.3. The second-order valence-electron chi connectivity index (χ2n) is 13.2. The predicted molar refractivity (Wildman–Crippen MR) is 182 cm³/mol. The van der Waals surface area contributed by atoms with Gasteiger partial charge in [0, 0.05) is 6.54 Å². The third kappa shape index (κ3) is 10.2. The Labute approximate surface area is 294 Å². The Balaban J connectivity index is 1.86. The fourth-order valence-corrected chi connectivity index (χ4v) is 6.09. The lowest BCUT2D eigenvalue weighted by Crippen LogP contribution is -2.61. The first-order valence-electron chi connectivity index (χ1n) is 16.5. The number of carbonyl (C=O) groups is 7. The molecule has 1 fully saturated rings. The van der Waals surface area contributed by atoms with Crippen molar-refractivity contribution in [2.24, 2.45) is 17.6 Å². The highest BCUT2D eigenvalue weighted by Crippen LogP contribution is 2.41. The molecule has 0 radical (unpaired) electrons. The van der Waals surface area contributed by atoms with Crippen molar-refractivity contribution in [1.29, 1.82) is 0 Å². The second-order valence-corrected chi connectivity index (χ2v) is 13.2. The number of nitrogens with two attached hydrogens (primary N) is 1. The molecule has 2 aromatic carbocycles. The van der Waals surface area contributed by atoms with Crippen LogP contribution in [0.25, 0.3) is 0 Å². The summed E-state index contributed by atoms with van der Waals surface area (Å²) in [6, 6.07) is 6.86. The molecule has 1 aliphatic heterocycles. The number of primary amides is 1. The highest BCUT2D eigenvalue weighted by Gasteiger charge is 2.53. The Morgan fingerprint density at radius 1 is 0.902 bits per heavy atom. The summed E-state index contributed by atoms with van der Waals surface area (Å²) < 4.78 is 14.9. The number of rotatable bonds is 16. The molecule has 3 rings (SSSR count). The first kappa shape index (κ1) is 39.9. The summed E-state index contributed by atoms with van der Waals surface area (Å²) in [5.41, 5.74) is 3.34. The van der Waals surface area contributed by atoms with Crippen LogP contribution in [-0.2, 0) is 40.7 Å². The number of hydrogen-bond acceptors (Lipinski definition) is 7. The zero-order valence-electron chi connectivity index (χ0n) is 28.9. The molecule has 6 amide bonds. The molecular formula is C35H45FN6O9. The molecule has 2 aromatic rings. The third-order valence-corrected chi connectivity index (χ3v) is 8.51. The fourth-order valence-electron chi connectivity index (χ4n) is 6.09. The Hall–Kier alpha value is -5.54. The number of carboxylic acids is 2. The Kier molecular flexibility index (Phi) is 13.6. The average molecular weight is 713 g/mol. The molecule has 16 heteroatoms. The molecule has 0 bridgehead atoms. The van der Waals surface area contributed by atoms with Crippen LogP contribution in [0.3, 0.4) is 0 Å². The first-order chi connectivity index (χ1) is 24.0. The smallest absolute Gasteiger partial charge is 0.334 e. The van der Waals surface area contributed by atoms with Gasteiger partial charge in [-0.05, 0) is 54.4 Å². The van der Waals surface area contributed by atoms with E-state index >= 15 is 0 Å². The Bertz CT molecular complexity index is 1640. The molecule has 0 aliphatic carbocycles. The van der Waals surface area contributed by atoms with E-state index in [4.69, 9.17) is 5.73 Å². The van der Waals surface area contributed by atoms with E-state index in [0.717, 1.165) is 17.0 Å². The summed E-state index contributed by atoms with van der Waals surface area (Å²) >= 11 is 0. The van der Waals surface area contributed by atoms with E-state index in [0.29, 0.717) is 5.56 Å². The topological polar surface area (TPSA) is 237 Å². The number of urea groups is 1. The van der Waals surface area contributed by atoms with Crippen LogP contribution in [0.5, 0.6) is 0 Å². The van der Waals surface area contributed by atoms with E-state index in [1.807, 2.05) is 13.8 Å². The predicted octanol–water partition coefficient (Wildman–Crippen LogP) is 2.09. The van der Waals surface area contributed by atoms with Crippen molar-refractivity contribution in [1.82, 2.24) is 20.9 Å². The lowest BCUT2D eigenvalue weighted by Gasteiger charge is -2.38. The monoisotopic (exact) mass is 712 g/mol. The quantitative estimate of drug-likeness (QED) is 0.135. The fraction of sp³-hybridized carbons (Fsp3) is 0.457. The molecule has 0 saturated carbocycles. The van der Waals surface area contributed by atoms with Crippen LogP contribution < -0.4 is 27.0 Å². The van der Waals surface area contributed by atoms with Crippen LogP contribution in [-0.4, -0.2) is 81.4 Å². The number of hydrogen-bond donors (Lipinski definition) is 7. The number of halogens is 1. The zero-order valence-corrected chi connectivity index (χ0v) is 28.9. The van der Waals surface area contributed by atoms with Gasteiger partial charge in [0.05, 0.1) is 18.5 Å². The first-order valence-corrected chi connectivity index (χ1v) is 16.5. The van der Waals surface area contributed by atoms with Gasteiger partial charge in [0.2, 0.25) is 23.6 Å². The molecule has 276 valence electrons. The van der Waals surface area contributed by atoms with Crippen LogP contribution in [0.2, 0.25) is 0 Å². The van der Waals surface area contributed by atoms with E-state index in [9.17, 15) is 48.2 Å². The Morgan fingerprint density at radius 3 is 2.10 bits per heavy atom. The van der Waals surface area contributed by atoms with Crippen molar-refractivity contribution in [3.8, 4) is 0 Å². The number of likely N-dealkylation sites (tertiary alicyclic amines) is 1. The summed E-state index contributed by atoms with van der Waals surface area (Å²) in [4.78, 5) is 91.0. The van der Waals surface area contributed by atoms with Gasteiger partial charge in [-0.2, -0.15) is 0 Å². The third-order valence-electron chi connectivity index (χ3n) is 8.51. The molecule has 51 heavy (non-hydrogen) atoms. The van der Waals surface area contributed by atoms with Crippen LogP contribution >= 0.6 is 0 Å².